The Labute approximate surface area is 126 Å². The van der Waals surface area contributed by atoms with Gasteiger partial charge in [-0.1, -0.05) is 24.3 Å². The van der Waals surface area contributed by atoms with Crippen molar-refractivity contribution in [3.05, 3.63) is 54.1 Å². The van der Waals surface area contributed by atoms with Crippen LogP contribution in [0.4, 0.5) is 0 Å². The molecular formula is C16H13NO3S. The number of benzene rings is 2. The molecule has 4 nitrogen and oxygen atoms in total. The van der Waals surface area contributed by atoms with Gasteiger partial charge in [0.1, 0.15) is 11.3 Å². The third kappa shape index (κ3) is 3.25. The van der Waals surface area contributed by atoms with E-state index in [-0.39, 0.29) is 5.12 Å². The van der Waals surface area contributed by atoms with Crippen molar-refractivity contribution >= 4 is 28.0 Å². The standard InChI is InChI=1S/C16H13NO3S/c1-19-12-8-6-11(7-9-12)10-15(18)21-16-17-13-4-2-3-5-14(13)20-16/h2-9H,10H2,1H3. The number of ether oxygens (including phenoxy) is 1. The Balaban J connectivity index is 1.67. The zero-order valence-electron chi connectivity index (χ0n) is 11.4. The second-order valence-electron chi connectivity index (χ2n) is 4.45. The van der Waals surface area contributed by atoms with Crippen molar-refractivity contribution in [2.75, 3.05) is 7.11 Å². The van der Waals surface area contributed by atoms with Crippen molar-refractivity contribution in [2.45, 2.75) is 11.6 Å². The van der Waals surface area contributed by atoms with Gasteiger partial charge in [-0.2, -0.15) is 0 Å². The van der Waals surface area contributed by atoms with Gasteiger partial charge in [0.05, 0.1) is 7.11 Å². The first-order chi connectivity index (χ1) is 10.2. The zero-order chi connectivity index (χ0) is 14.7. The number of hydrogen-bond acceptors (Lipinski definition) is 5. The predicted molar refractivity (Wildman–Crippen MR) is 81.6 cm³/mol. The molecule has 106 valence electrons. The van der Waals surface area contributed by atoms with E-state index in [4.69, 9.17) is 9.15 Å². The van der Waals surface area contributed by atoms with Gasteiger partial charge in [-0.3, -0.25) is 4.79 Å². The van der Waals surface area contributed by atoms with Crippen LogP contribution in [0.1, 0.15) is 5.56 Å². The molecule has 0 amide bonds. The maximum atomic E-state index is 12.0. The van der Waals surface area contributed by atoms with Crippen molar-refractivity contribution in [1.29, 1.82) is 0 Å². The van der Waals surface area contributed by atoms with Gasteiger partial charge in [0.2, 0.25) is 5.12 Å². The first-order valence-electron chi connectivity index (χ1n) is 6.44. The van der Waals surface area contributed by atoms with Crippen LogP contribution in [0.2, 0.25) is 0 Å². The number of thioether (sulfide) groups is 1. The number of rotatable bonds is 4. The molecule has 0 aliphatic carbocycles. The lowest BCUT2D eigenvalue weighted by atomic mass is 10.2. The predicted octanol–water partition coefficient (Wildman–Crippen LogP) is 3.70. The summed E-state index contributed by atoms with van der Waals surface area (Å²) in [5, 5.41) is 0.376. The molecule has 0 bridgehead atoms. The fourth-order valence-corrected chi connectivity index (χ4v) is 2.65. The van der Waals surface area contributed by atoms with E-state index in [0.717, 1.165) is 28.6 Å². The summed E-state index contributed by atoms with van der Waals surface area (Å²) >= 11 is 1.03. The number of methoxy groups -OCH3 is 1. The average Bonchev–Trinajstić information content (AvgIpc) is 2.90. The van der Waals surface area contributed by atoms with E-state index in [1.165, 1.54) is 0 Å². The molecule has 3 aromatic rings. The minimum absolute atomic E-state index is 0.00766. The number of carbonyl (C=O) groups excluding carboxylic acids is 1. The fourth-order valence-electron chi connectivity index (χ4n) is 1.94. The molecule has 0 saturated carbocycles. The normalized spacial score (nSPS) is 10.7. The highest BCUT2D eigenvalue weighted by Gasteiger charge is 2.12. The molecular weight excluding hydrogens is 286 g/mol. The fraction of sp³-hybridized carbons (Fsp3) is 0.125. The Morgan fingerprint density at radius 1 is 1.19 bits per heavy atom. The SMILES string of the molecule is COc1ccc(CC(=O)Sc2nc3ccccc3o2)cc1. The Kier molecular flexibility index (Phi) is 3.92. The van der Waals surface area contributed by atoms with Crippen LogP contribution in [0.25, 0.3) is 11.1 Å². The third-order valence-corrected chi connectivity index (χ3v) is 3.70. The second-order valence-corrected chi connectivity index (χ2v) is 5.46. The van der Waals surface area contributed by atoms with E-state index >= 15 is 0 Å². The number of carbonyl (C=O) groups is 1. The molecule has 0 aliphatic rings. The van der Waals surface area contributed by atoms with Gasteiger partial charge in [0.25, 0.3) is 5.22 Å². The van der Waals surface area contributed by atoms with Crippen LogP contribution in [-0.4, -0.2) is 17.2 Å². The maximum absolute atomic E-state index is 12.0. The number of hydrogen-bond donors (Lipinski definition) is 0. The molecule has 5 heteroatoms. The third-order valence-electron chi connectivity index (χ3n) is 2.98. The van der Waals surface area contributed by atoms with Crippen molar-refractivity contribution in [3.63, 3.8) is 0 Å². The Morgan fingerprint density at radius 2 is 1.95 bits per heavy atom. The second kappa shape index (κ2) is 6.01. The molecule has 1 aromatic heterocycles. The van der Waals surface area contributed by atoms with E-state index in [0.29, 0.717) is 17.2 Å². The summed E-state index contributed by atoms with van der Waals surface area (Å²) in [6, 6.07) is 14.9. The van der Waals surface area contributed by atoms with E-state index in [2.05, 4.69) is 4.98 Å². The van der Waals surface area contributed by atoms with Gasteiger partial charge in [0.15, 0.2) is 5.58 Å². The minimum atomic E-state index is -0.00766. The highest BCUT2D eigenvalue weighted by Crippen LogP contribution is 2.25. The Morgan fingerprint density at radius 3 is 2.67 bits per heavy atom. The van der Waals surface area contributed by atoms with E-state index in [9.17, 15) is 4.79 Å². The zero-order valence-corrected chi connectivity index (χ0v) is 12.2. The Bertz CT molecular complexity index is 732. The summed E-state index contributed by atoms with van der Waals surface area (Å²) in [5.74, 6) is 0.776. The lowest BCUT2D eigenvalue weighted by Crippen LogP contribution is -1.97. The van der Waals surface area contributed by atoms with Crippen molar-refractivity contribution in [2.24, 2.45) is 0 Å². The summed E-state index contributed by atoms with van der Waals surface area (Å²) < 4.78 is 10.6. The molecule has 0 radical (unpaired) electrons. The van der Waals surface area contributed by atoms with Gasteiger partial charge in [-0.25, -0.2) is 4.98 Å². The highest BCUT2D eigenvalue weighted by molar-refractivity contribution is 8.13. The van der Waals surface area contributed by atoms with Crippen LogP contribution in [0.3, 0.4) is 0 Å². The van der Waals surface area contributed by atoms with E-state index < -0.39 is 0 Å². The molecule has 0 spiro atoms. The number of fused-ring (bicyclic) bond motifs is 1. The monoisotopic (exact) mass is 299 g/mol. The van der Waals surface area contributed by atoms with E-state index in [1.807, 2.05) is 48.5 Å². The van der Waals surface area contributed by atoms with Gasteiger partial charge in [0, 0.05) is 18.2 Å². The molecule has 0 aliphatic heterocycles. The Hall–Kier alpha value is -2.27. The van der Waals surface area contributed by atoms with Crippen LogP contribution in [-0.2, 0) is 11.2 Å². The number of nitrogens with zero attached hydrogens (tertiary/aromatic N) is 1. The van der Waals surface area contributed by atoms with Crippen LogP contribution < -0.4 is 4.74 Å². The molecule has 2 aromatic carbocycles. The summed E-state index contributed by atoms with van der Waals surface area (Å²) in [7, 11) is 1.61. The largest absolute Gasteiger partial charge is 0.497 e. The van der Waals surface area contributed by atoms with Crippen molar-refractivity contribution in [3.8, 4) is 5.75 Å². The van der Waals surface area contributed by atoms with Gasteiger partial charge in [-0.05, 0) is 29.8 Å². The summed E-state index contributed by atoms with van der Waals surface area (Å²) in [6.07, 6.45) is 0.327. The van der Waals surface area contributed by atoms with Crippen molar-refractivity contribution < 1.29 is 13.9 Å². The first kappa shape index (κ1) is 13.7. The van der Waals surface area contributed by atoms with Crippen molar-refractivity contribution in [1.82, 2.24) is 4.98 Å². The molecule has 0 fully saturated rings. The average molecular weight is 299 g/mol. The molecule has 0 atom stereocenters. The number of aromatic nitrogens is 1. The van der Waals surface area contributed by atoms with Gasteiger partial charge >= 0.3 is 0 Å². The minimum Gasteiger partial charge on any atom is -0.497 e. The van der Waals surface area contributed by atoms with Gasteiger partial charge in [-0.15, -0.1) is 0 Å². The van der Waals surface area contributed by atoms with E-state index in [1.54, 1.807) is 7.11 Å². The maximum Gasteiger partial charge on any atom is 0.264 e. The summed E-state index contributed by atoms with van der Waals surface area (Å²) in [4.78, 5) is 16.3. The summed E-state index contributed by atoms with van der Waals surface area (Å²) in [6.45, 7) is 0. The van der Waals surface area contributed by atoms with Crippen LogP contribution in [0.5, 0.6) is 5.75 Å². The highest BCUT2D eigenvalue weighted by atomic mass is 32.2. The molecule has 1 heterocycles. The molecule has 0 saturated heterocycles. The first-order valence-corrected chi connectivity index (χ1v) is 7.25. The number of oxazole rings is 1. The lowest BCUT2D eigenvalue weighted by Gasteiger charge is -2.01. The van der Waals surface area contributed by atoms with Crippen LogP contribution in [0, 0.1) is 0 Å². The molecule has 0 N–H and O–H groups in total. The molecule has 0 unspecified atom stereocenters. The van der Waals surface area contributed by atoms with Crippen LogP contribution in [0.15, 0.2) is 58.2 Å². The van der Waals surface area contributed by atoms with Crippen LogP contribution >= 0.6 is 11.8 Å². The summed E-state index contributed by atoms with van der Waals surface area (Å²) in [5.41, 5.74) is 2.39. The molecule has 3 rings (SSSR count). The number of para-hydroxylation sites is 2. The topological polar surface area (TPSA) is 52.3 Å². The smallest absolute Gasteiger partial charge is 0.264 e. The van der Waals surface area contributed by atoms with Gasteiger partial charge < -0.3 is 9.15 Å². The quantitative estimate of drug-likeness (QED) is 0.688. The lowest BCUT2D eigenvalue weighted by molar-refractivity contribution is -0.110. The molecule has 21 heavy (non-hydrogen) atoms.